The lowest BCUT2D eigenvalue weighted by Crippen LogP contribution is -2.57. The molecule has 0 saturated carbocycles. The molecule has 0 bridgehead atoms. The molecule has 0 saturated heterocycles. The molecule has 0 fully saturated rings. The summed E-state index contributed by atoms with van der Waals surface area (Å²) in [5.74, 6) is -5.24. The predicted octanol–water partition coefficient (Wildman–Crippen LogP) is -3.34. The number of carbonyl (C=O) groups is 5. The van der Waals surface area contributed by atoms with E-state index in [1.807, 2.05) is 0 Å². The molecule has 0 aliphatic carbocycles. The third kappa shape index (κ3) is 9.21. The minimum atomic E-state index is -1.45. The maximum atomic E-state index is 12.1. The zero-order chi connectivity index (χ0) is 21.1. The van der Waals surface area contributed by atoms with Gasteiger partial charge in [-0.1, -0.05) is 0 Å². The van der Waals surface area contributed by atoms with Gasteiger partial charge in [-0.3, -0.25) is 19.2 Å². The molecule has 0 aromatic rings. The molecule has 3 amide bonds. The van der Waals surface area contributed by atoms with Crippen molar-refractivity contribution in [1.29, 1.82) is 0 Å². The van der Waals surface area contributed by atoms with E-state index < -0.39 is 66.9 Å². The van der Waals surface area contributed by atoms with Crippen LogP contribution in [0.4, 0.5) is 0 Å². The molecule has 4 atom stereocenters. The zero-order valence-electron chi connectivity index (χ0n) is 14.5. The summed E-state index contributed by atoms with van der Waals surface area (Å²) in [6.45, 7) is 0.701. The first-order valence-corrected chi connectivity index (χ1v) is 8.49. The second-order valence-corrected chi connectivity index (χ2v) is 5.96. The van der Waals surface area contributed by atoms with Crippen LogP contribution < -0.4 is 21.7 Å². The summed E-state index contributed by atoms with van der Waals surface area (Å²) < 4.78 is 0. The van der Waals surface area contributed by atoms with Crippen molar-refractivity contribution in [2.75, 3.05) is 12.4 Å². The number of thiol groups is 1. The van der Waals surface area contributed by atoms with Crippen LogP contribution >= 0.6 is 12.6 Å². The van der Waals surface area contributed by atoms with Gasteiger partial charge in [-0.25, -0.2) is 4.79 Å². The molecule has 0 aromatic heterocycles. The SMILES string of the molecule is CC(NC(=O)C(N)CO)C(=O)NC(CS)C(=O)NC(CCC(=O)O)C(=O)O. The zero-order valence-corrected chi connectivity index (χ0v) is 15.4. The molecular formula is C14H24N4O8S. The highest BCUT2D eigenvalue weighted by atomic mass is 32.1. The first-order valence-electron chi connectivity index (χ1n) is 7.86. The minimum Gasteiger partial charge on any atom is -0.481 e. The van der Waals surface area contributed by atoms with Gasteiger partial charge in [0.25, 0.3) is 0 Å². The summed E-state index contributed by atoms with van der Waals surface area (Å²) in [4.78, 5) is 57.4. The number of amides is 3. The van der Waals surface area contributed by atoms with E-state index in [9.17, 15) is 24.0 Å². The molecule has 0 aliphatic rings. The number of aliphatic hydroxyl groups is 1. The largest absolute Gasteiger partial charge is 0.481 e. The molecule has 8 N–H and O–H groups in total. The van der Waals surface area contributed by atoms with Crippen molar-refractivity contribution in [3.63, 3.8) is 0 Å². The van der Waals surface area contributed by atoms with E-state index in [2.05, 4.69) is 28.6 Å². The third-order valence-electron chi connectivity index (χ3n) is 3.36. The van der Waals surface area contributed by atoms with Crippen molar-refractivity contribution in [1.82, 2.24) is 16.0 Å². The van der Waals surface area contributed by atoms with Crippen molar-refractivity contribution in [2.24, 2.45) is 5.73 Å². The summed E-state index contributed by atoms with van der Waals surface area (Å²) >= 11 is 3.92. The summed E-state index contributed by atoms with van der Waals surface area (Å²) in [6.07, 6.45) is -0.807. The molecular weight excluding hydrogens is 384 g/mol. The van der Waals surface area contributed by atoms with Crippen LogP contribution in [0.25, 0.3) is 0 Å². The van der Waals surface area contributed by atoms with Crippen LogP contribution in [0.5, 0.6) is 0 Å². The smallest absolute Gasteiger partial charge is 0.326 e. The molecule has 0 rings (SSSR count). The first-order chi connectivity index (χ1) is 12.5. The maximum Gasteiger partial charge on any atom is 0.326 e. The van der Waals surface area contributed by atoms with Crippen LogP contribution in [0.1, 0.15) is 19.8 Å². The standard InChI is InChI=1S/C14H24N4O8S/c1-6(16-12(23)7(15)4-19)11(22)18-9(5-27)13(24)17-8(14(25)26)2-3-10(20)21/h6-9,19,27H,2-5,15H2,1H3,(H,16,23)(H,17,24)(H,18,22)(H,20,21)(H,25,26). The summed E-state index contributed by atoms with van der Waals surface area (Å²) in [5, 5.41) is 33.1. The Labute approximate surface area is 160 Å². The fourth-order valence-corrected chi connectivity index (χ4v) is 2.01. The van der Waals surface area contributed by atoms with Gasteiger partial charge < -0.3 is 37.0 Å². The quantitative estimate of drug-likeness (QED) is 0.152. The third-order valence-corrected chi connectivity index (χ3v) is 3.73. The minimum absolute atomic E-state index is 0.181. The number of aliphatic carboxylic acids is 2. The molecule has 154 valence electrons. The molecule has 27 heavy (non-hydrogen) atoms. The van der Waals surface area contributed by atoms with Crippen LogP contribution in [0.15, 0.2) is 0 Å². The highest BCUT2D eigenvalue weighted by Crippen LogP contribution is 2.00. The molecule has 12 nitrogen and oxygen atoms in total. The van der Waals surface area contributed by atoms with E-state index in [1.54, 1.807) is 0 Å². The van der Waals surface area contributed by atoms with Crippen molar-refractivity contribution in [3.8, 4) is 0 Å². The van der Waals surface area contributed by atoms with Crippen molar-refractivity contribution in [2.45, 2.75) is 43.9 Å². The van der Waals surface area contributed by atoms with E-state index >= 15 is 0 Å². The normalized spacial score (nSPS) is 15.0. The Morgan fingerprint density at radius 3 is 1.96 bits per heavy atom. The Balaban J connectivity index is 4.81. The number of carboxylic acids is 2. The molecule has 0 aliphatic heterocycles. The highest BCUT2D eigenvalue weighted by Gasteiger charge is 2.28. The fraction of sp³-hybridized carbons (Fsp3) is 0.643. The second kappa shape index (κ2) is 12.1. The molecule has 4 unspecified atom stereocenters. The first kappa shape index (κ1) is 24.6. The van der Waals surface area contributed by atoms with Gasteiger partial charge in [-0.05, 0) is 13.3 Å². The van der Waals surface area contributed by atoms with E-state index in [0.29, 0.717) is 0 Å². The second-order valence-electron chi connectivity index (χ2n) is 5.59. The van der Waals surface area contributed by atoms with Gasteiger partial charge in [0.05, 0.1) is 6.61 Å². The number of aliphatic hydroxyl groups excluding tert-OH is 1. The molecule has 0 heterocycles. The molecule has 0 aromatic carbocycles. The number of nitrogens with one attached hydrogen (secondary N) is 3. The lowest BCUT2D eigenvalue weighted by atomic mass is 10.1. The van der Waals surface area contributed by atoms with Crippen LogP contribution in [0, 0.1) is 0 Å². The Bertz CT molecular complexity index is 573. The Morgan fingerprint density at radius 2 is 1.52 bits per heavy atom. The van der Waals surface area contributed by atoms with E-state index in [4.69, 9.17) is 21.1 Å². The molecule has 0 radical (unpaired) electrons. The monoisotopic (exact) mass is 408 g/mol. The highest BCUT2D eigenvalue weighted by molar-refractivity contribution is 7.80. The Morgan fingerprint density at radius 1 is 0.963 bits per heavy atom. The topological polar surface area (TPSA) is 208 Å². The lowest BCUT2D eigenvalue weighted by molar-refractivity contribution is -0.143. The number of carboxylic acid groups (broad SMARTS) is 2. The van der Waals surface area contributed by atoms with Crippen LogP contribution in [-0.2, 0) is 24.0 Å². The number of nitrogens with two attached hydrogens (primary N) is 1. The number of carbonyl (C=O) groups excluding carboxylic acids is 3. The van der Waals surface area contributed by atoms with Crippen molar-refractivity contribution < 1.29 is 39.3 Å². The maximum absolute atomic E-state index is 12.1. The number of hydrogen-bond donors (Lipinski definition) is 8. The molecule has 13 heteroatoms. The van der Waals surface area contributed by atoms with Gasteiger partial charge in [0.15, 0.2) is 0 Å². The molecule has 0 spiro atoms. The van der Waals surface area contributed by atoms with E-state index in [0.717, 1.165) is 0 Å². The fourth-order valence-electron chi connectivity index (χ4n) is 1.76. The Kier molecular flexibility index (Phi) is 11.0. The summed E-state index contributed by atoms with van der Waals surface area (Å²) in [6, 6.07) is -4.98. The summed E-state index contributed by atoms with van der Waals surface area (Å²) in [7, 11) is 0. The van der Waals surface area contributed by atoms with Gasteiger partial charge in [-0.15, -0.1) is 0 Å². The average Bonchev–Trinajstić information content (AvgIpc) is 2.60. The van der Waals surface area contributed by atoms with Crippen LogP contribution in [0.2, 0.25) is 0 Å². The summed E-state index contributed by atoms with van der Waals surface area (Å²) in [5.41, 5.74) is 5.31. The number of hydrogen-bond acceptors (Lipinski definition) is 8. The van der Waals surface area contributed by atoms with Gasteiger partial charge in [0.2, 0.25) is 17.7 Å². The average molecular weight is 408 g/mol. The van der Waals surface area contributed by atoms with Crippen molar-refractivity contribution >= 4 is 42.3 Å². The van der Waals surface area contributed by atoms with Crippen molar-refractivity contribution in [3.05, 3.63) is 0 Å². The predicted molar refractivity (Wildman–Crippen MR) is 94.9 cm³/mol. The Hall–Kier alpha value is -2.38. The number of rotatable bonds is 12. The van der Waals surface area contributed by atoms with Gasteiger partial charge in [-0.2, -0.15) is 12.6 Å². The van der Waals surface area contributed by atoms with E-state index in [-0.39, 0.29) is 12.2 Å². The van der Waals surface area contributed by atoms with E-state index in [1.165, 1.54) is 6.92 Å². The van der Waals surface area contributed by atoms with Gasteiger partial charge >= 0.3 is 11.9 Å². The van der Waals surface area contributed by atoms with Gasteiger partial charge in [0, 0.05) is 12.2 Å². The van der Waals surface area contributed by atoms with Crippen LogP contribution in [0.3, 0.4) is 0 Å². The van der Waals surface area contributed by atoms with Gasteiger partial charge in [0.1, 0.15) is 24.2 Å². The van der Waals surface area contributed by atoms with Crippen LogP contribution in [-0.4, -0.2) is 81.5 Å². The lowest BCUT2D eigenvalue weighted by Gasteiger charge is -2.22.